The van der Waals surface area contributed by atoms with Crippen LogP contribution in [0.4, 0.5) is 5.69 Å². The molecule has 2 aliphatic rings. The molecule has 1 amide bonds. The number of amides is 1. The first kappa shape index (κ1) is 25.9. The lowest BCUT2D eigenvalue weighted by Gasteiger charge is -2.22. The zero-order valence-corrected chi connectivity index (χ0v) is 22.2. The Balaban J connectivity index is 1.63. The van der Waals surface area contributed by atoms with Gasteiger partial charge in [-0.2, -0.15) is 0 Å². The van der Waals surface area contributed by atoms with E-state index in [1.54, 1.807) is 31.2 Å². The lowest BCUT2D eigenvalue weighted by molar-refractivity contribution is -0.122. The van der Waals surface area contributed by atoms with Crippen molar-refractivity contribution in [1.82, 2.24) is 0 Å². The number of carbonyl (C=O) groups is 1. The van der Waals surface area contributed by atoms with E-state index in [-0.39, 0.29) is 23.9 Å². The number of anilines is 1. The van der Waals surface area contributed by atoms with Gasteiger partial charge in [-0.3, -0.25) is 4.79 Å². The van der Waals surface area contributed by atoms with Crippen molar-refractivity contribution in [3.05, 3.63) is 51.6 Å². The highest BCUT2D eigenvalue weighted by Gasteiger charge is 2.46. The van der Waals surface area contributed by atoms with Gasteiger partial charge in [0.15, 0.2) is 29.1 Å². The summed E-state index contributed by atoms with van der Waals surface area (Å²) >= 11 is 0. The molecule has 12 nitrogen and oxygen atoms in total. The van der Waals surface area contributed by atoms with Gasteiger partial charge in [0.05, 0.1) is 47.0 Å². The number of hydrogen-bond donors (Lipinski definition) is 1. The van der Waals surface area contributed by atoms with Crippen molar-refractivity contribution in [2.45, 2.75) is 18.9 Å². The number of fused-ring (bicyclic) bond motifs is 2. The lowest BCUT2D eigenvalue weighted by Crippen LogP contribution is -2.35. The summed E-state index contributed by atoms with van der Waals surface area (Å²) in [5, 5.41) is 2.83. The number of methoxy groups -OCH3 is 5. The van der Waals surface area contributed by atoms with Crippen LogP contribution in [0.15, 0.2) is 33.5 Å². The first-order chi connectivity index (χ1) is 18.8. The van der Waals surface area contributed by atoms with Crippen LogP contribution in [0.5, 0.6) is 46.0 Å². The number of aryl methyl sites for hydroxylation is 1. The highest BCUT2D eigenvalue weighted by Crippen LogP contribution is 2.54. The molecule has 5 rings (SSSR count). The van der Waals surface area contributed by atoms with Gasteiger partial charge < -0.3 is 47.6 Å². The minimum absolute atomic E-state index is 0.0460. The first-order valence-corrected chi connectivity index (χ1v) is 11.8. The van der Waals surface area contributed by atoms with Crippen LogP contribution < -0.4 is 48.8 Å². The van der Waals surface area contributed by atoms with Gasteiger partial charge in [-0.25, -0.2) is 4.79 Å². The van der Waals surface area contributed by atoms with Crippen LogP contribution in [0.2, 0.25) is 0 Å². The predicted octanol–water partition coefficient (Wildman–Crippen LogP) is 3.25. The van der Waals surface area contributed by atoms with Gasteiger partial charge in [-0.15, -0.1) is 0 Å². The van der Waals surface area contributed by atoms with E-state index < -0.39 is 23.6 Å². The van der Waals surface area contributed by atoms with Gasteiger partial charge in [-0.1, -0.05) is 0 Å². The molecule has 2 aromatic carbocycles. The van der Waals surface area contributed by atoms with E-state index in [0.29, 0.717) is 51.5 Å². The molecule has 1 N–H and O–H groups in total. The number of benzene rings is 2. The maximum Gasteiger partial charge on any atom is 0.343 e. The second-order valence-electron chi connectivity index (χ2n) is 8.61. The molecule has 1 aromatic heterocycles. The maximum absolute atomic E-state index is 13.8. The van der Waals surface area contributed by atoms with Gasteiger partial charge in [0.1, 0.15) is 11.5 Å². The third-order valence-electron chi connectivity index (χ3n) is 6.48. The van der Waals surface area contributed by atoms with Gasteiger partial charge >= 0.3 is 5.63 Å². The SMILES string of the molecule is COc1cc(NC(=O)C2Oc3cc(C)oc(=O)c3C2c2cc(OC)c3c(c2OC)OCO3)cc(OC)c1OC. The molecule has 2 unspecified atom stereocenters. The molecule has 206 valence electrons. The average Bonchev–Trinajstić information content (AvgIpc) is 3.57. The predicted molar refractivity (Wildman–Crippen MR) is 136 cm³/mol. The van der Waals surface area contributed by atoms with Crippen molar-refractivity contribution in [3.8, 4) is 46.0 Å². The largest absolute Gasteiger partial charge is 0.493 e. The van der Waals surface area contributed by atoms with Gasteiger partial charge in [-0.05, 0) is 13.0 Å². The smallest absolute Gasteiger partial charge is 0.343 e. The quantitative estimate of drug-likeness (QED) is 0.451. The minimum atomic E-state index is -1.21. The van der Waals surface area contributed by atoms with E-state index in [1.165, 1.54) is 35.5 Å². The van der Waals surface area contributed by atoms with Crippen LogP contribution in [-0.2, 0) is 4.79 Å². The molecule has 0 aliphatic carbocycles. The minimum Gasteiger partial charge on any atom is -0.493 e. The number of nitrogens with one attached hydrogen (secondary N) is 1. The van der Waals surface area contributed by atoms with E-state index in [4.69, 9.17) is 42.3 Å². The zero-order valence-electron chi connectivity index (χ0n) is 22.2. The van der Waals surface area contributed by atoms with E-state index >= 15 is 0 Å². The van der Waals surface area contributed by atoms with Crippen molar-refractivity contribution in [3.63, 3.8) is 0 Å². The summed E-state index contributed by atoms with van der Waals surface area (Å²) in [6.45, 7) is 1.57. The van der Waals surface area contributed by atoms with E-state index in [9.17, 15) is 9.59 Å². The summed E-state index contributed by atoms with van der Waals surface area (Å²) < 4.78 is 50.0. The topological polar surface area (TPSA) is 133 Å². The van der Waals surface area contributed by atoms with Crippen LogP contribution in [0.25, 0.3) is 0 Å². The maximum atomic E-state index is 13.8. The van der Waals surface area contributed by atoms with E-state index in [1.807, 2.05) is 0 Å². The molecular formula is C27H27NO11. The number of ether oxygens (including phenoxy) is 8. The Morgan fingerprint density at radius 1 is 0.846 bits per heavy atom. The Hall–Kier alpha value is -4.74. The van der Waals surface area contributed by atoms with Crippen molar-refractivity contribution < 1.29 is 47.1 Å². The molecule has 0 fully saturated rings. The monoisotopic (exact) mass is 541 g/mol. The zero-order chi connectivity index (χ0) is 27.8. The van der Waals surface area contributed by atoms with Crippen LogP contribution in [0.3, 0.4) is 0 Å². The average molecular weight is 542 g/mol. The molecule has 3 heterocycles. The molecule has 2 atom stereocenters. The van der Waals surface area contributed by atoms with Crippen LogP contribution in [-0.4, -0.2) is 54.4 Å². The molecule has 12 heteroatoms. The van der Waals surface area contributed by atoms with Gasteiger partial charge in [0.2, 0.25) is 24.0 Å². The van der Waals surface area contributed by atoms with Crippen LogP contribution in [0.1, 0.15) is 22.8 Å². The van der Waals surface area contributed by atoms with Crippen molar-refractivity contribution in [2.75, 3.05) is 47.7 Å². The summed E-state index contributed by atoms with van der Waals surface area (Å²) in [5.74, 6) is 1.37. The van der Waals surface area contributed by atoms with Gasteiger partial charge in [0, 0.05) is 29.4 Å². The molecule has 39 heavy (non-hydrogen) atoms. The molecule has 2 aliphatic heterocycles. The highest BCUT2D eigenvalue weighted by atomic mass is 16.7. The second-order valence-corrected chi connectivity index (χ2v) is 8.61. The van der Waals surface area contributed by atoms with Gasteiger partial charge in [0.25, 0.3) is 5.91 Å². The fraction of sp³-hybridized carbons (Fsp3) is 0.333. The van der Waals surface area contributed by atoms with Crippen molar-refractivity contribution in [1.29, 1.82) is 0 Å². The van der Waals surface area contributed by atoms with Crippen LogP contribution in [0, 0.1) is 6.92 Å². The molecule has 0 saturated carbocycles. The number of carbonyl (C=O) groups excluding carboxylic acids is 1. The molecular weight excluding hydrogens is 514 g/mol. The second kappa shape index (κ2) is 10.2. The Labute approximate surface area is 223 Å². The molecule has 3 aromatic rings. The fourth-order valence-corrected chi connectivity index (χ4v) is 4.84. The fourth-order valence-electron chi connectivity index (χ4n) is 4.84. The molecule has 0 saturated heterocycles. The van der Waals surface area contributed by atoms with Crippen molar-refractivity contribution in [2.24, 2.45) is 0 Å². The molecule has 0 bridgehead atoms. The van der Waals surface area contributed by atoms with E-state index in [2.05, 4.69) is 5.32 Å². The Morgan fingerprint density at radius 3 is 2.10 bits per heavy atom. The third kappa shape index (κ3) is 4.27. The molecule has 0 spiro atoms. The highest BCUT2D eigenvalue weighted by molar-refractivity contribution is 5.97. The normalized spacial score (nSPS) is 16.7. The summed E-state index contributed by atoms with van der Waals surface area (Å²) in [5.41, 5.74) is 0.284. The molecule has 0 radical (unpaired) electrons. The standard InChI is InChI=1S/C27H27NO11/c1-12-7-15-20(27(30)38-12)19(14-10-18(33-4)23-25(21(14)34-5)37-11-36-23)24(39-15)26(29)28-13-8-16(31-2)22(35-6)17(9-13)32-3/h7-10,19,24H,11H2,1-6H3,(H,28,29). The first-order valence-electron chi connectivity index (χ1n) is 11.8. The number of hydrogen-bond acceptors (Lipinski definition) is 11. The Morgan fingerprint density at radius 2 is 1.49 bits per heavy atom. The van der Waals surface area contributed by atoms with Crippen LogP contribution >= 0.6 is 0 Å². The Kier molecular flexibility index (Phi) is 6.77. The Bertz CT molecular complexity index is 1470. The summed E-state index contributed by atoms with van der Waals surface area (Å²) in [7, 11) is 7.34. The van der Waals surface area contributed by atoms with E-state index in [0.717, 1.165) is 0 Å². The summed E-state index contributed by atoms with van der Waals surface area (Å²) in [4.78, 5) is 26.9. The third-order valence-corrected chi connectivity index (χ3v) is 6.48. The summed E-state index contributed by atoms with van der Waals surface area (Å²) in [6, 6.07) is 6.36. The lowest BCUT2D eigenvalue weighted by atomic mass is 9.87. The van der Waals surface area contributed by atoms with Crippen molar-refractivity contribution >= 4 is 11.6 Å². The summed E-state index contributed by atoms with van der Waals surface area (Å²) in [6.07, 6.45) is -1.21. The number of rotatable bonds is 8.